The van der Waals surface area contributed by atoms with Crippen molar-refractivity contribution in [3.8, 4) is 5.75 Å². The largest absolute Gasteiger partial charge is 0.507 e. The van der Waals surface area contributed by atoms with E-state index < -0.39 is 5.91 Å². The summed E-state index contributed by atoms with van der Waals surface area (Å²) in [6, 6.07) is 17.2. The minimum atomic E-state index is -0.503. The van der Waals surface area contributed by atoms with E-state index in [1.807, 2.05) is 30.3 Å². The van der Waals surface area contributed by atoms with Gasteiger partial charge >= 0.3 is 0 Å². The number of hydrogen-bond acceptors (Lipinski definition) is 5. The maximum atomic E-state index is 11.9. The Morgan fingerprint density at radius 3 is 2.64 bits per heavy atom. The van der Waals surface area contributed by atoms with Gasteiger partial charge in [-0.2, -0.15) is 5.10 Å². The molecule has 0 aliphatic rings. The van der Waals surface area contributed by atoms with Gasteiger partial charge in [-0.25, -0.2) is 5.43 Å². The molecule has 1 aromatic heterocycles. The number of hydrazone groups is 1. The fourth-order valence-electron chi connectivity index (χ4n) is 1.96. The summed E-state index contributed by atoms with van der Waals surface area (Å²) in [5.74, 6) is -0.111. The number of nitrogens with zero attached hydrogens (tertiary/aromatic N) is 1. The van der Waals surface area contributed by atoms with E-state index in [0.717, 1.165) is 4.90 Å². The van der Waals surface area contributed by atoms with Gasteiger partial charge in [-0.15, -0.1) is 0 Å². The van der Waals surface area contributed by atoms with E-state index >= 15 is 0 Å². The van der Waals surface area contributed by atoms with Crippen LogP contribution in [0.25, 0.3) is 0 Å². The first-order valence-corrected chi connectivity index (χ1v) is 8.46. The van der Waals surface area contributed by atoms with Crippen molar-refractivity contribution in [2.24, 2.45) is 5.10 Å². The molecule has 0 atom stereocenters. The van der Waals surface area contributed by atoms with Gasteiger partial charge in [-0.05, 0) is 48.5 Å². The van der Waals surface area contributed by atoms with Crippen molar-refractivity contribution in [2.75, 3.05) is 0 Å². The molecule has 0 saturated heterocycles. The van der Waals surface area contributed by atoms with Crippen LogP contribution in [0.4, 0.5) is 0 Å². The lowest BCUT2D eigenvalue weighted by Gasteiger charge is -2.01. The molecule has 0 unspecified atom stereocenters. The summed E-state index contributed by atoms with van der Waals surface area (Å²) >= 11 is 7.30. The number of furan rings is 1. The molecule has 2 N–H and O–H groups in total. The van der Waals surface area contributed by atoms with E-state index in [1.54, 1.807) is 18.2 Å². The molecule has 2 aromatic carbocycles. The molecule has 0 bridgehead atoms. The van der Waals surface area contributed by atoms with Crippen LogP contribution in [0.5, 0.6) is 5.75 Å². The first-order valence-electron chi connectivity index (χ1n) is 7.26. The lowest BCUT2D eigenvalue weighted by Crippen LogP contribution is -2.17. The predicted molar refractivity (Wildman–Crippen MR) is 97.5 cm³/mol. The summed E-state index contributed by atoms with van der Waals surface area (Å²) in [5, 5.41) is 14.8. The number of aromatic hydroxyl groups is 1. The van der Waals surface area contributed by atoms with E-state index in [0.29, 0.717) is 15.9 Å². The molecule has 25 heavy (non-hydrogen) atoms. The molecule has 7 heteroatoms. The number of hydrogen-bond donors (Lipinski definition) is 2. The minimum Gasteiger partial charge on any atom is -0.507 e. The van der Waals surface area contributed by atoms with Gasteiger partial charge in [-0.3, -0.25) is 4.79 Å². The molecule has 1 heterocycles. The molecule has 1 amide bonds. The Kier molecular flexibility index (Phi) is 5.42. The lowest BCUT2D eigenvalue weighted by atomic mass is 10.2. The minimum absolute atomic E-state index is 0.102. The highest BCUT2D eigenvalue weighted by atomic mass is 35.5. The summed E-state index contributed by atoms with van der Waals surface area (Å²) in [5.41, 5.74) is 2.49. The first-order chi connectivity index (χ1) is 12.1. The number of carbonyl (C=O) groups excluding carboxylic acids is 1. The number of carbonyl (C=O) groups is 1. The van der Waals surface area contributed by atoms with Crippen molar-refractivity contribution < 1.29 is 14.3 Å². The standard InChI is InChI=1S/C18H13ClN2O3S/c19-12-5-8-14(9-6-12)25-17-10-7-13(24-17)11-20-21-18(23)15-3-1-2-4-16(15)22/h1-11,22H,(H,21,23)/b20-11+. The second kappa shape index (κ2) is 7.92. The van der Waals surface area contributed by atoms with Gasteiger partial charge in [0, 0.05) is 9.92 Å². The third-order valence-corrected chi connectivity index (χ3v) is 4.32. The molecule has 0 fully saturated rings. The zero-order valence-corrected chi connectivity index (χ0v) is 14.4. The lowest BCUT2D eigenvalue weighted by molar-refractivity contribution is 0.0952. The van der Waals surface area contributed by atoms with Crippen LogP contribution in [0.3, 0.4) is 0 Å². The van der Waals surface area contributed by atoms with Gasteiger partial charge in [0.1, 0.15) is 11.5 Å². The molecular formula is C18H13ClN2O3S. The smallest absolute Gasteiger partial charge is 0.275 e. The number of amides is 1. The average Bonchev–Trinajstić information content (AvgIpc) is 3.04. The third-order valence-electron chi connectivity index (χ3n) is 3.14. The van der Waals surface area contributed by atoms with E-state index in [4.69, 9.17) is 16.0 Å². The molecule has 126 valence electrons. The average molecular weight is 373 g/mol. The molecule has 0 saturated carbocycles. The van der Waals surface area contributed by atoms with Crippen molar-refractivity contribution in [3.63, 3.8) is 0 Å². The number of phenols is 1. The Hall–Kier alpha value is -2.70. The Balaban J connectivity index is 1.59. The van der Waals surface area contributed by atoms with Crippen molar-refractivity contribution in [1.82, 2.24) is 5.43 Å². The molecule has 0 aliphatic heterocycles. The monoisotopic (exact) mass is 372 g/mol. The zero-order chi connectivity index (χ0) is 17.6. The van der Waals surface area contributed by atoms with E-state index in [9.17, 15) is 9.90 Å². The van der Waals surface area contributed by atoms with E-state index in [-0.39, 0.29) is 11.3 Å². The van der Waals surface area contributed by atoms with Crippen LogP contribution in [-0.4, -0.2) is 17.2 Å². The summed E-state index contributed by atoms with van der Waals surface area (Å²) in [6.45, 7) is 0. The van der Waals surface area contributed by atoms with E-state index in [2.05, 4.69) is 10.5 Å². The van der Waals surface area contributed by atoms with Gasteiger partial charge in [0.15, 0.2) is 5.09 Å². The van der Waals surface area contributed by atoms with Crippen LogP contribution < -0.4 is 5.43 Å². The molecular weight excluding hydrogens is 360 g/mol. The summed E-state index contributed by atoms with van der Waals surface area (Å²) in [7, 11) is 0. The quantitative estimate of drug-likeness (QED) is 0.508. The number of para-hydroxylation sites is 1. The number of nitrogens with one attached hydrogen (secondary N) is 1. The van der Waals surface area contributed by atoms with Gasteiger partial charge < -0.3 is 9.52 Å². The number of benzene rings is 2. The van der Waals surface area contributed by atoms with Crippen molar-refractivity contribution >= 4 is 35.5 Å². The van der Waals surface area contributed by atoms with Crippen LogP contribution in [0, 0.1) is 0 Å². The number of phenolic OH excluding ortho intramolecular Hbond substituents is 1. The number of halogens is 1. The van der Waals surface area contributed by atoms with Crippen molar-refractivity contribution in [1.29, 1.82) is 0 Å². The molecule has 5 nitrogen and oxygen atoms in total. The van der Waals surface area contributed by atoms with Crippen molar-refractivity contribution in [3.05, 3.63) is 77.0 Å². The Morgan fingerprint density at radius 1 is 1.12 bits per heavy atom. The molecule has 3 rings (SSSR count). The summed E-state index contributed by atoms with van der Waals surface area (Å²) in [6.07, 6.45) is 1.39. The normalized spacial score (nSPS) is 10.9. The fraction of sp³-hybridized carbons (Fsp3) is 0. The highest BCUT2D eigenvalue weighted by molar-refractivity contribution is 7.99. The van der Waals surface area contributed by atoms with Gasteiger partial charge in [0.25, 0.3) is 5.91 Å². The second-order valence-corrected chi connectivity index (χ2v) is 6.44. The van der Waals surface area contributed by atoms with Crippen LogP contribution >= 0.6 is 23.4 Å². The third kappa shape index (κ3) is 4.65. The topological polar surface area (TPSA) is 74.8 Å². The van der Waals surface area contributed by atoms with Crippen LogP contribution in [0.15, 0.2) is 80.2 Å². The van der Waals surface area contributed by atoms with E-state index in [1.165, 1.54) is 30.1 Å². The van der Waals surface area contributed by atoms with Gasteiger partial charge in [0.2, 0.25) is 0 Å². The molecule has 0 radical (unpaired) electrons. The fourth-order valence-corrected chi connectivity index (χ4v) is 2.86. The first kappa shape index (κ1) is 17.1. The van der Waals surface area contributed by atoms with Gasteiger partial charge in [-0.1, -0.05) is 35.5 Å². The Labute approximate surface area is 153 Å². The zero-order valence-electron chi connectivity index (χ0n) is 12.8. The highest BCUT2D eigenvalue weighted by Gasteiger charge is 2.09. The SMILES string of the molecule is O=C(N/N=C/c1ccc(Sc2ccc(Cl)cc2)o1)c1ccccc1O. The van der Waals surface area contributed by atoms with Crippen LogP contribution in [-0.2, 0) is 0 Å². The van der Waals surface area contributed by atoms with Crippen LogP contribution in [0.2, 0.25) is 5.02 Å². The predicted octanol–water partition coefficient (Wildman–Crippen LogP) is 4.55. The molecule has 3 aromatic rings. The molecule has 0 spiro atoms. The molecule has 0 aliphatic carbocycles. The summed E-state index contributed by atoms with van der Waals surface area (Å²) in [4.78, 5) is 12.9. The Bertz CT molecular complexity index is 907. The number of rotatable bonds is 5. The van der Waals surface area contributed by atoms with Crippen molar-refractivity contribution in [2.45, 2.75) is 9.99 Å². The maximum absolute atomic E-state index is 11.9. The second-order valence-electron chi connectivity index (χ2n) is 4.93. The van der Waals surface area contributed by atoms with Gasteiger partial charge in [0.05, 0.1) is 11.8 Å². The summed E-state index contributed by atoms with van der Waals surface area (Å²) < 4.78 is 5.61. The maximum Gasteiger partial charge on any atom is 0.275 e. The van der Waals surface area contributed by atoms with Crippen LogP contribution in [0.1, 0.15) is 16.1 Å². The highest BCUT2D eigenvalue weighted by Crippen LogP contribution is 2.29. The Morgan fingerprint density at radius 2 is 1.88 bits per heavy atom.